The molecule has 0 aromatic rings. The summed E-state index contributed by atoms with van der Waals surface area (Å²) in [6, 6.07) is 0. The molecule has 4 aliphatic rings. The second kappa shape index (κ2) is 6.68. The molecule has 0 unspecified atom stereocenters. The van der Waals surface area contributed by atoms with Gasteiger partial charge in [0, 0.05) is 0 Å². The molecule has 0 aromatic heterocycles. The maximum atomic E-state index is 11.5. The minimum atomic E-state index is -4.44. The van der Waals surface area contributed by atoms with E-state index in [0.29, 0.717) is 29.1 Å². The number of hydrogen-bond donors (Lipinski definition) is 2. The summed E-state index contributed by atoms with van der Waals surface area (Å²) in [6.45, 7) is 6.73. The average Bonchev–Trinajstić information content (AvgIpc) is 2.57. The first-order chi connectivity index (χ1) is 12.5. The lowest BCUT2D eigenvalue weighted by Gasteiger charge is -2.64. The first-order valence-electron chi connectivity index (χ1n) is 10.9. The molecule has 27 heavy (non-hydrogen) atoms. The number of rotatable bonds is 2. The van der Waals surface area contributed by atoms with Gasteiger partial charge in [0.05, 0.1) is 12.2 Å². The minimum Gasteiger partial charge on any atom is -0.393 e. The zero-order valence-corrected chi connectivity index (χ0v) is 17.7. The Morgan fingerprint density at radius 1 is 0.926 bits per heavy atom. The fourth-order valence-electron chi connectivity index (χ4n) is 8.06. The molecule has 0 aromatic carbocycles. The van der Waals surface area contributed by atoms with Gasteiger partial charge in [-0.05, 0) is 98.2 Å². The van der Waals surface area contributed by atoms with E-state index < -0.39 is 16.5 Å². The quantitative estimate of drug-likeness (QED) is 0.678. The number of fused-ring (bicyclic) bond motifs is 5. The van der Waals surface area contributed by atoms with E-state index in [1.807, 2.05) is 0 Å². The van der Waals surface area contributed by atoms with E-state index in [-0.39, 0.29) is 17.4 Å². The molecule has 0 spiro atoms. The van der Waals surface area contributed by atoms with Crippen LogP contribution in [0.5, 0.6) is 0 Å². The Labute approximate surface area is 164 Å². The normalized spacial score (nSPS) is 53.1. The van der Waals surface area contributed by atoms with Crippen molar-refractivity contribution < 1.29 is 22.3 Å². The van der Waals surface area contributed by atoms with Gasteiger partial charge in [0.15, 0.2) is 0 Å². The second-order valence-corrected chi connectivity index (χ2v) is 11.7. The molecule has 4 saturated carbocycles. The summed E-state index contributed by atoms with van der Waals surface area (Å²) >= 11 is 0. The van der Waals surface area contributed by atoms with Gasteiger partial charge < -0.3 is 5.11 Å². The van der Waals surface area contributed by atoms with E-state index in [2.05, 4.69) is 20.8 Å². The van der Waals surface area contributed by atoms with Crippen molar-refractivity contribution in [2.75, 3.05) is 0 Å². The van der Waals surface area contributed by atoms with E-state index in [4.69, 9.17) is 4.18 Å². The topological polar surface area (TPSA) is 83.8 Å². The standard InChI is InChI=1S/C21H36O5S/c1-13-4-7-17-16-6-5-14-12-15(22)8-10-20(14,2)18(16)9-11-21(17,3)19(13)26-27(23,24)25/h13-19,22H,4-12H2,1-3H3,(H,23,24,25)/t13-,14+,15+,16+,17+,18+,19+,20+,21+/m1/s1. The van der Waals surface area contributed by atoms with Crippen molar-refractivity contribution in [3.8, 4) is 0 Å². The van der Waals surface area contributed by atoms with Crippen molar-refractivity contribution in [3.63, 3.8) is 0 Å². The molecule has 156 valence electrons. The molecular formula is C21H36O5S. The molecule has 6 heteroatoms. The van der Waals surface area contributed by atoms with Crippen LogP contribution in [0, 0.1) is 40.4 Å². The first kappa shape index (κ1) is 20.1. The zero-order valence-electron chi connectivity index (χ0n) is 16.9. The Hall–Kier alpha value is -0.170. The van der Waals surface area contributed by atoms with E-state index in [9.17, 15) is 18.1 Å². The van der Waals surface area contributed by atoms with Crippen molar-refractivity contribution >= 4 is 10.4 Å². The Morgan fingerprint density at radius 2 is 1.59 bits per heavy atom. The molecule has 4 fully saturated rings. The molecule has 0 radical (unpaired) electrons. The van der Waals surface area contributed by atoms with Gasteiger partial charge in [0.2, 0.25) is 0 Å². The van der Waals surface area contributed by atoms with Crippen LogP contribution in [0.2, 0.25) is 0 Å². The van der Waals surface area contributed by atoms with E-state index in [0.717, 1.165) is 44.9 Å². The first-order valence-corrected chi connectivity index (χ1v) is 12.2. The summed E-state index contributed by atoms with van der Waals surface area (Å²) in [4.78, 5) is 0. The third-order valence-electron chi connectivity index (χ3n) is 9.40. The van der Waals surface area contributed by atoms with Crippen LogP contribution in [-0.4, -0.2) is 30.3 Å². The second-order valence-electron chi connectivity index (χ2n) is 10.6. The molecule has 5 nitrogen and oxygen atoms in total. The summed E-state index contributed by atoms with van der Waals surface area (Å²) in [6.07, 6.45) is 8.97. The Kier molecular flexibility index (Phi) is 4.98. The largest absolute Gasteiger partial charge is 0.397 e. The molecular weight excluding hydrogens is 364 g/mol. The molecule has 0 saturated heterocycles. The fraction of sp³-hybridized carbons (Fsp3) is 1.00. The third-order valence-corrected chi connectivity index (χ3v) is 9.85. The smallest absolute Gasteiger partial charge is 0.393 e. The highest BCUT2D eigenvalue weighted by atomic mass is 32.3. The lowest BCUT2D eigenvalue weighted by molar-refractivity contribution is -0.171. The van der Waals surface area contributed by atoms with Crippen LogP contribution < -0.4 is 0 Å². The van der Waals surface area contributed by atoms with Gasteiger partial charge in [-0.15, -0.1) is 0 Å². The van der Waals surface area contributed by atoms with Crippen LogP contribution >= 0.6 is 0 Å². The molecule has 2 N–H and O–H groups in total. The SMILES string of the molecule is C[C@@H]1CC[C@H]2[C@@H]3CC[C@H]4C[C@@H](O)CC[C@]4(C)[C@H]3CC[C@]2(C)[C@H]1OS(=O)(=O)O. The van der Waals surface area contributed by atoms with Gasteiger partial charge in [-0.1, -0.05) is 20.8 Å². The van der Waals surface area contributed by atoms with Gasteiger partial charge in [0.25, 0.3) is 0 Å². The molecule has 0 bridgehead atoms. The van der Waals surface area contributed by atoms with Crippen LogP contribution in [0.1, 0.15) is 78.6 Å². The van der Waals surface area contributed by atoms with E-state index >= 15 is 0 Å². The minimum absolute atomic E-state index is 0.128. The lowest BCUT2D eigenvalue weighted by Crippen LogP contribution is -2.59. The van der Waals surface area contributed by atoms with Gasteiger partial charge in [-0.25, -0.2) is 4.18 Å². The highest BCUT2D eigenvalue weighted by Gasteiger charge is 2.60. The average molecular weight is 401 g/mol. The summed E-state index contributed by atoms with van der Waals surface area (Å²) < 4.78 is 37.7. The van der Waals surface area contributed by atoms with Crippen LogP contribution in [0.4, 0.5) is 0 Å². The van der Waals surface area contributed by atoms with Crippen molar-refractivity contribution in [2.45, 2.75) is 90.8 Å². The summed E-state index contributed by atoms with van der Waals surface area (Å²) in [5.74, 6) is 2.51. The molecule has 0 amide bonds. The molecule has 9 atom stereocenters. The maximum Gasteiger partial charge on any atom is 0.397 e. The highest BCUT2D eigenvalue weighted by molar-refractivity contribution is 7.80. The monoisotopic (exact) mass is 400 g/mol. The van der Waals surface area contributed by atoms with Crippen molar-refractivity contribution in [3.05, 3.63) is 0 Å². The molecule has 4 rings (SSSR count). The van der Waals surface area contributed by atoms with Gasteiger partial charge in [-0.3, -0.25) is 4.55 Å². The number of hydrogen-bond acceptors (Lipinski definition) is 4. The van der Waals surface area contributed by atoms with Crippen molar-refractivity contribution in [1.29, 1.82) is 0 Å². The summed E-state index contributed by atoms with van der Waals surface area (Å²) in [7, 11) is -4.44. The van der Waals surface area contributed by atoms with Gasteiger partial charge in [0.1, 0.15) is 0 Å². The van der Waals surface area contributed by atoms with Crippen molar-refractivity contribution in [1.82, 2.24) is 0 Å². The fourth-order valence-corrected chi connectivity index (χ4v) is 8.73. The van der Waals surface area contributed by atoms with Crippen molar-refractivity contribution in [2.24, 2.45) is 40.4 Å². The van der Waals surface area contributed by atoms with Gasteiger partial charge >= 0.3 is 10.4 Å². The number of aliphatic hydroxyl groups is 1. The lowest BCUT2D eigenvalue weighted by atomic mass is 9.42. The summed E-state index contributed by atoms with van der Waals surface area (Å²) in [5.41, 5.74) is 0.123. The highest BCUT2D eigenvalue weighted by Crippen LogP contribution is 2.66. The molecule has 0 heterocycles. The summed E-state index contributed by atoms with van der Waals surface area (Å²) in [5, 5.41) is 10.2. The van der Waals surface area contributed by atoms with Crippen LogP contribution in [0.15, 0.2) is 0 Å². The van der Waals surface area contributed by atoms with Crippen LogP contribution in [0.3, 0.4) is 0 Å². The van der Waals surface area contributed by atoms with E-state index in [1.54, 1.807) is 0 Å². The van der Waals surface area contributed by atoms with E-state index in [1.165, 1.54) is 12.8 Å². The zero-order chi connectivity index (χ0) is 19.6. The van der Waals surface area contributed by atoms with Crippen LogP contribution in [0.25, 0.3) is 0 Å². The predicted octanol–water partition coefficient (Wildman–Crippen LogP) is 4.21. The Balaban J connectivity index is 1.62. The third kappa shape index (κ3) is 3.28. The van der Waals surface area contributed by atoms with Gasteiger partial charge in [-0.2, -0.15) is 8.42 Å². The maximum absolute atomic E-state index is 11.5. The predicted molar refractivity (Wildman–Crippen MR) is 103 cm³/mol. The molecule has 4 aliphatic carbocycles. The Morgan fingerprint density at radius 3 is 2.30 bits per heavy atom. The molecule has 0 aliphatic heterocycles. The Bertz CT molecular complexity index is 678. The van der Waals surface area contributed by atoms with Crippen LogP contribution in [-0.2, 0) is 14.6 Å². The number of aliphatic hydroxyl groups excluding tert-OH is 1.